The van der Waals surface area contributed by atoms with Gasteiger partial charge < -0.3 is 19.9 Å². The molecule has 0 spiro atoms. The first kappa shape index (κ1) is 27.7. The fourth-order valence-corrected chi connectivity index (χ4v) is 4.46. The maximum absolute atomic E-state index is 12.2. The van der Waals surface area contributed by atoms with Crippen LogP contribution in [0.5, 0.6) is 0 Å². The SMILES string of the molecule is CCCCCCCCCCCCCCCC(=O)C(C)(O)C(O)[PH](=O)NCCO. The molecule has 168 valence electrons. The van der Waals surface area contributed by atoms with Crippen molar-refractivity contribution in [2.24, 2.45) is 0 Å². The summed E-state index contributed by atoms with van der Waals surface area (Å²) in [5.41, 5.74) is -2.02. The first-order valence-corrected chi connectivity index (χ1v) is 12.7. The molecular weight excluding hydrogens is 377 g/mol. The molecular formula is C21H44NO5P. The number of rotatable bonds is 20. The number of hydrogen-bond acceptors (Lipinski definition) is 5. The third-order valence-corrected chi connectivity index (χ3v) is 6.92. The molecule has 4 N–H and O–H groups in total. The lowest BCUT2D eigenvalue weighted by atomic mass is 9.96. The number of Topliss-reactive ketones (excluding diaryl/α,β-unsaturated/α-hetero) is 1. The van der Waals surface area contributed by atoms with E-state index in [1.807, 2.05) is 0 Å². The van der Waals surface area contributed by atoms with Gasteiger partial charge in [0.25, 0.3) is 0 Å². The normalized spacial score (nSPS) is 15.9. The quantitative estimate of drug-likeness (QED) is 0.174. The van der Waals surface area contributed by atoms with Crippen molar-refractivity contribution in [1.82, 2.24) is 5.09 Å². The molecule has 28 heavy (non-hydrogen) atoms. The van der Waals surface area contributed by atoms with Crippen LogP contribution in [0.4, 0.5) is 0 Å². The third kappa shape index (κ3) is 13.1. The average molecular weight is 422 g/mol. The Hall–Kier alpha value is -0.260. The zero-order chi connectivity index (χ0) is 21.3. The van der Waals surface area contributed by atoms with Crippen LogP contribution in [-0.2, 0) is 9.36 Å². The van der Waals surface area contributed by atoms with E-state index in [1.54, 1.807) is 0 Å². The van der Waals surface area contributed by atoms with Crippen molar-refractivity contribution in [3.63, 3.8) is 0 Å². The summed E-state index contributed by atoms with van der Waals surface area (Å²) in [4.78, 5) is 12.2. The first-order valence-electron chi connectivity index (χ1n) is 11.2. The van der Waals surface area contributed by atoms with Crippen LogP contribution in [-0.4, -0.2) is 45.7 Å². The number of hydrogen-bond donors (Lipinski definition) is 4. The monoisotopic (exact) mass is 421 g/mol. The van der Waals surface area contributed by atoms with Crippen molar-refractivity contribution >= 4 is 13.7 Å². The van der Waals surface area contributed by atoms with Crippen LogP contribution >= 0.6 is 7.95 Å². The summed E-state index contributed by atoms with van der Waals surface area (Å²) < 4.78 is 11.8. The Kier molecular flexibility index (Phi) is 17.4. The average Bonchev–Trinajstić information content (AvgIpc) is 2.68. The molecule has 0 aromatic heterocycles. The second-order valence-electron chi connectivity index (χ2n) is 7.98. The van der Waals surface area contributed by atoms with Gasteiger partial charge in [0.15, 0.2) is 25.2 Å². The minimum Gasteiger partial charge on any atom is -0.395 e. The summed E-state index contributed by atoms with van der Waals surface area (Å²) in [7, 11) is -2.76. The molecule has 0 saturated heterocycles. The maximum atomic E-state index is 12.2. The second kappa shape index (κ2) is 17.6. The van der Waals surface area contributed by atoms with Crippen LogP contribution in [0.15, 0.2) is 0 Å². The van der Waals surface area contributed by atoms with Gasteiger partial charge in [0.05, 0.1) is 6.61 Å². The van der Waals surface area contributed by atoms with E-state index in [1.165, 1.54) is 71.1 Å². The molecule has 7 heteroatoms. The van der Waals surface area contributed by atoms with Gasteiger partial charge in [-0.15, -0.1) is 0 Å². The number of nitrogens with one attached hydrogen (secondary N) is 1. The summed E-state index contributed by atoms with van der Waals surface area (Å²) >= 11 is 0. The molecule has 0 saturated carbocycles. The fraction of sp³-hybridized carbons (Fsp3) is 0.952. The van der Waals surface area contributed by atoms with Gasteiger partial charge in [-0.25, -0.2) is 0 Å². The Labute approximate surface area is 172 Å². The van der Waals surface area contributed by atoms with Crippen molar-refractivity contribution in [2.75, 3.05) is 13.2 Å². The highest BCUT2D eigenvalue weighted by molar-refractivity contribution is 7.43. The maximum Gasteiger partial charge on any atom is 0.167 e. The van der Waals surface area contributed by atoms with E-state index in [0.29, 0.717) is 6.42 Å². The van der Waals surface area contributed by atoms with E-state index < -0.39 is 25.2 Å². The molecule has 0 radical (unpaired) electrons. The highest BCUT2D eigenvalue weighted by Crippen LogP contribution is 2.31. The second-order valence-corrected chi connectivity index (χ2v) is 9.61. The van der Waals surface area contributed by atoms with Crippen LogP contribution in [0.3, 0.4) is 0 Å². The van der Waals surface area contributed by atoms with Crippen LogP contribution in [0.25, 0.3) is 0 Å². The molecule has 0 heterocycles. The molecule has 6 nitrogen and oxygen atoms in total. The first-order chi connectivity index (χ1) is 13.4. The van der Waals surface area contributed by atoms with Gasteiger partial charge in [0.1, 0.15) is 0 Å². The zero-order valence-electron chi connectivity index (χ0n) is 18.0. The molecule has 0 fully saturated rings. The number of aliphatic hydroxyl groups excluding tert-OH is 2. The Bertz CT molecular complexity index is 418. The molecule has 0 aromatic carbocycles. The Morgan fingerprint density at radius 1 is 0.929 bits per heavy atom. The minimum absolute atomic E-state index is 0.0536. The molecule has 0 aliphatic carbocycles. The number of carbonyl (C=O) groups excluding carboxylic acids is 1. The van der Waals surface area contributed by atoms with Gasteiger partial charge in [-0.05, 0) is 13.3 Å². The van der Waals surface area contributed by atoms with Gasteiger partial charge in [0.2, 0.25) is 0 Å². The minimum atomic E-state index is -2.76. The van der Waals surface area contributed by atoms with Crippen LogP contribution in [0.2, 0.25) is 0 Å². The highest BCUT2D eigenvalue weighted by atomic mass is 31.1. The number of unbranched alkanes of at least 4 members (excludes halogenated alkanes) is 12. The lowest BCUT2D eigenvalue weighted by Gasteiger charge is -2.27. The number of aliphatic hydroxyl groups is 3. The standard InChI is InChI=1S/C21H44NO5P/c1-3-4-5-6-7-8-9-10-11-12-13-14-15-16-19(24)21(2,26)20(25)28(27)22-17-18-23/h20,23,25-26,28H,3-18H2,1-2H3,(H,22,27). The van der Waals surface area contributed by atoms with E-state index in [9.17, 15) is 19.6 Å². The van der Waals surface area contributed by atoms with E-state index >= 15 is 0 Å². The smallest absolute Gasteiger partial charge is 0.167 e. The van der Waals surface area contributed by atoms with Gasteiger partial charge in [-0.1, -0.05) is 84.0 Å². The predicted octanol–water partition coefficient (Wildman–Crippen LogP) is 4.16. The van der Waals surface area contributed by atoms with Gasteiger partial charge >= 0.3 is 0 Å². The Balaban J connectivity index is 3.71. The summed E-state index contributed by atoms with van der Waals surface area (Å²) in [6, 6.07) is 0. The van der Waals surface area contributed by atoms with E-state index in [4.69, 9.17) is 5.11 Å². The molecule has 0 amide bonds. The fourth-order valence-electron chi connectivity index (χ4n) is 3.24. The lowest BCUT2D eigenvalue weighted by Crippen LogP contribution is -2.46. The summed E-state index contributed by atoms with van der Waals surface area (Å²) in [6.07, 6.45) is 15.9. The molecule has 0 aliphatic heterocycles. The molecule has 3 atom stereocenters. The topological polar surface area (TPSA) is 107 Å². The summed E-state index contributed by atoms with van der Waals surface area (Å²) in [6.45, 7) is 3.28. The third-order valence-electron chi connectivity index (χ3n) is 5.26. The number of ketones is 1. The van der Waals surface area contributed by atoms with Crippen LogP contribution < -0.4 is 5.09 Å². The molecule has 0 bridgehead atoms. The molecule has 3 unspecified atom stereocenters. The predicted molar refractivity (Wildman–Crippen MR) is 116 cm³/mol. The molecule has 0 aliphatic rings. The van der Waals surface area contributed by atoms with Crippen molar-refractivity contribution in [1.29, 1.82) is 0 Å². The van der Waals surface area contributed by atoms with E-state index in [2.05, 4.69) is 12.0 Å². The number of carbonyl (C=O) groups is 1. The summed E-state index contributed by atoms with van der Waals surface area (Å²) in [5.74, 6) is -2.12. The Morgan fingerprint density at radius 2 is 1.36 bits per heavy atom. The molecule has 0 rings (SSSR count). The zero-order valence-corrected chi connectivity index (χ0v) is 19.0. The largest absolute Gasteiger partial charge is 0.395 e. The van der Waals surface area contributed by atoms with Crippen molar-refractivity contribution < 1.29 is 24.7 Å². The van der Waals surface area contributed by atoms with E-state index in [0.717, 1.165) is 12.8 Å². The summed E-state index contributed by atoms with van der Waals surface area (Å²) in [5, 5.41) is 31.3. The highest BCUT2D eigenvalue weighted by Gasteiger charge is 2.40. The molecule has 0 aromatic rings. The van der Waals surface area contributed by atoms with Gasteiger partial charge in [-0.2, -0.15) is 0 Å². The van der Waals surface area contributed by atoms with E-state index in [-0.39, 0.29) is 19.6 Å². The van der Waals surface area contributed by atoms with Crippen molar-refractivity contribution in [3.8, 4) is 0 Å². The lowest BCUT2D eigenvalue weighted by molar-refractivity contribution is -0.142. The van der Waals surface area contributed by atoms with Crippen molar-refractivity contribution in [2.45, 2.75) is 115 Å². The van der Waals surface area contributed by atoms with Crippen LogP contribution in [0, 0.1) is 0 Å². The van der Waals surface area contributed by atoms with Crippen molar-refractivity contribution in [3.05, 3.63) is 0 Å². The Morgan fingerprint density at radius 3 is 1.79 bits per heavy atom. The van der Waals surface area contributed by atoms with Gasteiger partial charge in [-0.3, -0.25) is 9.88 Å². The van der Waals surface area contributed by atoms with Crippen LogP contribution in [0.1, 0.15) is 104 Å². The van der Waals surface area contributed by atoms with Gasteiger partial charge in [0, 0.05) is 13.0 Å².